The fourth-order valence-corrected chi connectivity index (χ4v) is 2.24. The third-order valence-electron chi connectivity index (χ3n) is 3.32. The summed E-state index contributed by atoms with van der Waals surface area (Å²) < 4.78 is 5.28. The monoisotopic (exact) mass is 237 g/mol. The largest absolute Gasteiger partial charge is 0.339 e. The number of aromatic nitrogens is 2. The van der Waals surface area contributed by atoms with E-state index >= 15 is 0 Å². The van der Waals surface area contributed by atoms with Crippen molar-refractivity contribution in [1.82, 2.24) is 15.5 Å². The van der Waals surface area contributed by atoms with Gasteiger partial charge in [0.1, 0.15) is 0 Å². The molecule has 0 aliphatic carbocycles. The van der Waals surface area contributed by atoms with Crippen LogP contribution in [-0.2, 0) is 12.8 Å². The second-order valence-electron chi connectivity index (χ2n) is 5.45. The maximum absolute atomic E-state index is 5.28. The Kier molecular flexibility index (Phi) is 4.54. The lowest BCUT2D eigenvalue weighted by molar-refractivity contribution is 0.345. The van der Waals surface area contributed by atoms with Crippen molar-refractivity contribution < 1.29 is 4.52 Å². The highest BCUT2D eigenvalue weighted by molar-refractivity contribution is 4.90. The predicted octanol–water partition coefficient (Wildman–Crippen LogP) is 2.20. The summed E-state index contributed by atoms with van der Waals surface area (Å²) >= 11 is 0. The molecule has 17 heavy (non-hydrogen) atoms. The van der Waals surface area contributed by atoms with Gasteiger partial charge in [-0.2, -0.15) is 4.98 Å². The van der Waals surface area contributed by atoms with E-state index in [2.05, 4.69) is 29.3 Å². The van der Waals surface area contributed by atoms with Gasteiger partial charge < -0.3 is 9.84 Å². The molecular formula is C13H23N3O. The molecular weight excluding hydrogens is 214 g/mol. The Labute approximate surface area is 103 Å². The Balaban J connectivity index is 1.80. The van der Waals surface area contributed by atoms with E-state index in [9.17, 15) is 0 Å². The topological polar surface area (TPSA) is 51.0 Å². The molecule has 0 spiro atoms. The molecule has 1 N–H and O–H groups in total. The van der Waals surface area contributed by atoms with Crippen molar-refractivity contribution >= 4 is 0 Å². The molecule has 2 heterocycles. The number of nitrogens with zero attached hydrogens (tertiary/aromatic N) is 2. The first-order valence-corrected chi connectivity index (χ1v) is 6.76. The van der Waals surface area contributed by atoms with Gasteiger partial charge >= 0.3 is 0 Å². The molecule has 1 fully saturated rings. The molecule has 0 amide bonds. The van der Waals surface area contributed by atoms with Crippen molar-refractivity contribution in [3.8, 4) is 0 Å². The molecule has 1 atom stereocenters. The normalized spacial score (nSPS) is 21.0. The maximum atomic E-state index is 5.28. The van der Waals surface area contributed by atoms with Crippen LogP contribution in [0.1, 0.15) is 44.8 Å². The molecule has 4 heteroatoms. The number of rotatable bonds is 5. The molecule has 0 saturated carbocycles. The van der Waals surface area contributed by atoms with E-state index < -0.39 is 0 Å². The summed E-state index contributed by atoms with van der Waals surface area (Å²) in [5.41, 5.74) is 0. The molecule has 1 aromatic heterocycles. The zero-order valence-corrected chi connectivity index (χ0v) is 10.9. The standard InChI is InChI=1S/C13H23N3O/c1-10(2)5-6-13-15-12(16-17-13)8-11-4-3-7-14-9-11/h10-11,14H,3-9H2,1-2H3. The second-order valence-corrected chi connectivity index (χ2v) is 5.45. The van der Waals surface area contributed by atoms with Gasteiger partial charge in [-0.1, -0.05) is 19.0 Å². The number of hydrogen-bond donors (Lipinski definition) is 1. The number of nitrogens with one attached hydrogen (secondary N) is 1. The van der Waals surface area contributed by atoms with E-state index in [1.807, 2.05) is 0 Å². The second kappa shape index (κ2) is 6.15. The van der Waals surface area contributed by atoms with E-state index in [4.69, 9.17) is 4.52 Å². The van der Waals surface area contributed by atoms with Gasteiger partial charge in [0.25, 0.3) is 0 Å². The first-order valence-electron chi connectivity index (χ1n) is 6.76. The summed E-state index contributed by atoms with van der Waals surface area (Å²) in [6.45, 7) is 6.67. The van der Waals surface area contributed by atoms with Crippen molar-refractivity contribution in [3.05, 3.63) is 11.7 Å². The minimum absolute atomic E-state index is 0.680. The van der Waals surface area contributed by atoms with Crippen molar-refractivity contribution in [1.29, 1.82) is 0 Å². The molecule has 1 aliphatic heterocycles. The molecule has 1 unspecified atom stereocenters. The summed E-state index contributed by atoms with van der Waals surface area (Å²) in [7, 11) is 0. The zero-order chi connectivity index (χ0) is 12.1. The van der Waals surface area contributed by atoms with Crippen LogP contribution in [0.5, 0.6) is 0 Å². The van der Waals surface area contributed by atoms with E-state index in [1.165, 1.54) is 12.8 Å². The van der Waals surface area contributed by atoms with Crippen LogP contribution in [0.3, 0.4) is 0 Å². The van der Waals surface area contributed by atoms with Gasteiger partial charge in [-0.15, -0.1) is 0 Å². The molecule has 1 saturated heterocycles. The average molecular weight is 237 g/mol. The molecule has 96 valence electrons. The van der Waals surface area contributed by atoms with Crippen LogP contribution in [0.4, 0.5) is 0 Å². The van der Waals surface area contributed by atoms with E-state index in [1.54, 1.807) is 0 Å². The first kappa shape index (κ1) is 12.6. The van der Waals surface area contributed by atoms with Crippen LogP contribution < -0.4 is 5.32 Å². The van der Waals surface area contributed by atoms with Gasteiger partial charge in [-0.25, -0.2) is 0 Å². The minimum Gasteiger partial charge on any atom is -0.339 e. The van der Waals surface area contributed by atoms with Gasteiger partial charge in [-0.3, -0.25) is 0 Å². The van der Waals surface area contributed by atoms with Gasteiger partial charge in [-0.05, 0) is 44.2 Å². The van der Waals surface area contributed by atoms with Gasteiger partial charge in [0.05, 0.1) is 0 Å². The van der Waals surface area contributed by atoms with E-state index in [-0.39, 0.29) is 0 Å². The predicted molar refractivity (Wildman–Crippen MR) is 66.8 cm³/mol. The first-order chi connectivity index (χ1) is 8.24. The third kappa shape index (κ3) is 4.11. The number of aryl methyl sites for hydroxylation is 1. The summed E-state index contributed by atoms with van der Waals surface area (Å²) in [5.74, 6) is 3.06. The Bertz CT molecular complexity index is 329. The van der Waals surface area contributed by atoms with Gasteiger partial charge in [0.15, 0.2) is 5.82 Å². The van der Waals surface area contributed by atoms with Gasteiger partial charge in [0, 0.05) is 12.8 Å². The quantitative estimate of drug-likeness (QED) is 0.853. The smallest absolute Gasteiger partial charge is 0.226 e. The van der Waals surface area contributed by atoms with Crippen molar-refractivity contribution in [2.75, 3.05) is 13.1 Å². The van der Waals surface area contributed by atoms with Crippen LogP contribution >= 0.6 is 0 Å². The summed E-state index contributed by atoms with van der Waals surface area (Å²) in [6, 6.07) is 0. The molecule has 1 aromatic rings. The molecule has 0 aromatic carbocycles. The summed E-state index contributed by atoms with van der Waals surface area (Å²) in [5, 5.41) is 7.49. The summed E-state index contributed by atoms with van der Waals surface area (Å²) in [4.78, 5) is 4.47. The number of hydrogen-bond acceptors (Lipinski definition) is 4. The van der Waals surface area contributed by atoms with Crippen LogP contribution in [0.25, 0.3) is 0 Å². The lowest BCUT2D eigenvalue weighted by Crippen LogP contribution is -2.31. The fourth-order valence-electron chi connectivity index (χ4n) is 2.24. The highest BCUT2D eigenvalue weighted by Gasteiger charge is 2.16. The Hall–Kier alpha value is -0.900. The molecule has 0 bridgehead atoms. The minimum atomic E-state index is 0.680. The number of piperidine rings is 1. The van der Waals surface area contributed by atoms with Crippen LogP contribution in [-0.4, -0.2) is 23.2 Å². The maximum Gasteiger partial charge on any atom is 0.226 e. The fraction of sp³-hybridized carbons (Fsp3) is 0.846. The van der Waals surface area contributed by atoms with Crippen molar-refractivity contribution in [2.24, 2.45) is 11.8 Å². The SMILES string of the molecule is CC(C)CCc1nc(CC2CCCNC2)no1. The third-order valence-corrected chi connectivity index (χ3v) is 3.32. The Morgan fingerprint density at radius 1 is 1.47 bits per heavy atom. The van der Waals surface area contributed by atoms with Crippen LogP contribution in [0, 0.1) is 11.8 Å². The van der Waals surface area contributed by atoms with Crippen molar-refractivity contribution in [2.45, 2.75) is 46.0 Å². The zero-order valence-electron chi connectivity index (χ0n) is 10.9. The molecule has 0 radical (unpaired) electrons. The van der Waals surface area contributed by atoms with E-state index in [0.717, 1.165) is 44.1 Å². The van der Waals surface area contributed by atoms with Crippen LogP contribution in [0.2, 0.25) is 0 Å². The Morgan fingerprint density at radius 3 is 3.06 bits per heavy atom. The highest BCUT2D eigenvalue weighted by atomic mass is 16.5. The van der Waals surface area contributed by atoms with Crippen molar-refractivity contribution in [3.63, 3.8) is 0 Å². The Morgan fingerprint density at radius 2 is 2.35 bits per heavy atom. The van der Waals surface area contributed by atoms with Crippen LogP contribution in [0.15, 0.2) is 4.52 Å². The summed E-state index contributed by atoms with van der Waals surface area (Å²) in [6.07, 6.45) is 5.53. The van der Waals surface area contributed by atoms with E-state index in [0.29, 0.717) is 11.8 Å². The lowest BCUT2D eigenvalue weighted by atomic mass is 9.96. The molecule has 1 aliphatic rings. The molecule has 2 rings (SSSR count). The molecule has 4 nitrogen and oxygen atoms in total. The average Bonchev–Trinajstić information content (AvgIpc) is 2.75. The van der Waals surface area contributed by atoms with Gasteiger partial charge in [0.2, 0.25) is 5.89 Å². The lowest BCUT2D eigenvalue weighted by Gasteiger charge is -2.20. The highest BCUT2D eigenvalue weighted by Crippen LogP contribution is 2.15.